The Morgan fingerprint density at radius 2 is 1.64 bits per heavy atom. The van der Waals surface area contributed by atoms with Crippen molar-refractivity contribution in [2.45, 2.75) is 32.7 Å². The van der Waals surface area contributed by atoms with E-state index in [0.29, 0.717) is 5.02 Å². The largest absolute Gasteiger partial charge is 0.329 e. The number of anilines is 1. The van der Waals surface area contributed by atoms with E-state index in [9.17, 15) is 4.79 Å². The Hall–Kier alpha value is -2.00. The summed E-state index contributed by atoms with van der Waals surface area (Å²) >= 11 is 5.90. The summed E-state index contributed by atoms with van der Waals surface area (Å²) in [4.78, 5) is 12.2. The first-order valence-electron chi connectivity index (χ1n) is 7.35. The van der Waals surface area contributed by atoms with Gasteiger partial charge < -0.3 is 10.6 Å². The minimum absolute atomic E-state index is 0.232. The number of rotatable bonds is 4. The first-order valence-corrected chi connectivity index (χ1v) is 7.72. The Bertz CT molecular complexity index is 633. The maximum atomic E-state index is 12.2. The molecule has 0 aromatic heterocycles. The number of nitrogens with one attached hydrogen (secondary N) is 2. The van der Waals surface area contributed by atoms with Crippen LogP contribution in [0.15, 0.2) is 48.5 Å². The highest BCUT2D eigenvalue weighted by Crippen LogP contribution is 2.22. The van der Waals surface area contributed by atoms with E-state index in [-0.39, 0.29) is 6.03 Å². The van der Waals surface area contributed by atoms with Crippen LogP contribution in [0.1, 0.15) is 31.9 Å². The summed E-state index contributed by atoms with van der Waals surface area (Å²) in [6.07, 6.45) is 0.982. The lowest BCUT2D eigenvalue weighted by molar-refractivity contribution is 0.242. The number of amides is 2. The highest BCUT2D eigenvalue weighted by atomic mass is 35.5. The van der Waals surface area contributed by atoms with E-state index < -0.39 is 5.54 Å². The van der Waals surface area contributed by atoms with Crippen molar-refractivity contribution in [1.82, 2.24) is 5.32 Å². The number of benzene rings is 2. The summed E-state index contributed by atoms with van der Waals surface area (Å²) in [6, 6.07) is 15.1. The van der Waals surface area contributed by atoms with Crippen molar-refractivity contribution >= 4 is 23.3 Å². The van der Waals surface area contributed by atoms with Crippen molar-refractivity contribution in [3.8, 4) is 0 Å². The summed E-state index contributed by atoms with van der Waals surface area (Å²) in [5.41, 5.74) is 2.53. The minimum Gasteiger partial charge on any atom is -0.329 e. The molecule has 0 saturated carbocycles. The number of hydrogen-bond acceptors (Lipinski definition) is 1. The molecular formula is C18H21ClN2O. The molecule has 0 fully saturated rings. The molecule has 0 heterocycles. The van der Waals surface area contributed by atoms with Crippen molar-refractivity contribution < 1.29 is 4.79 Å². The molecule has 2 aromatic carbocycles. The maximum absolute atomic E-state index is 12.2. The SMILES string of the molecule is CCc1ccc(NC(=O)NC(C)(C)c2ccc(Cl)cc2)cc1. The third kappa shape index (κ3) is 4.25. The zero-order valence-electron chi connectivity index (χ0n) is 13.1. The molecule has 0 atom stereocenters. The van der Waals surface area contributed by atoms with Gasteiger partial charge in [-0.05, 0) is 55.7 Å². The number of halogens is 1. The average molecular weight is 317 g/mol. The molecule has 0 aliphatic carbocycles. The lowest BCUT2D eigenvalue weighted by Crippen LogP contribution is -2.43. The molecule has 3 nitrogen and oxygen atoms in total. The van der Waals surface area contributed by atoms with Crippen LogP contribution < -0.4 is 10.6 Å². The molecule has 4 heteroatoms. The number of carbonyl (C=O) groups is 1. The van der Waals surface area contributed by atoms with Gasteiger partial charge >= 0.3 is 6.03 Å². The second-order valence-corrected chi connectivity index (χ2v) is 6.20. The van der Waals surface area contributed by atoms with Crippen LogP contribution in [-0.2, 0) is 12.0 Å². The second-order valence-electron chi connectivity index (χ2n) is 5.76. The molecule has 0 aliphatic heterocycles. The Morgan fingerprint density at radius 1 is 1.05 bits per heavy atom. The van der Waals surface area contributed by atoms with Crippen LogP contribution in [0.2, 0.25) is 5.02 Å². The molecule has 2 amide bonds. The van der Waals surface area contributed by atoms with E-state index >= 15 is 0 Å². The molecule has 2 N–H and O–H groups in total. The van der Waals surface area contributed by atoms with E-state index in [1.165, 1.54) is 5.56 Å². The number of aryl methyl sites for hydroxylation is 1. The minimum atomic E-state index is -0.488. The predicted octanol–water partition coefficient (Wildman–Crippen LogP) is 4.96. The fourth-order valence-electron chi connectivity index (χ4n) is 2.21. The molecule has 0 unspecified atom stereocenters. The number of hydrogen-bond donors (Lipinski definition) is 2. The molecule has 0 radical (unpaired) electrons. The van der Waals surface area contributed by atoms with Gasteiger partial charge in [0.2, 0.25) is 0 Å². The summed E-state index contributed by atoms with van der Waals surface area (Å²) in [5, 5.41) is 6.51. The van der Waals surface area contributed by atoms with Crippen LogP contribution in [0.3, 0.4) is 0 Å². The molecule has 116 valence electrons. The predicted molar refractivity (Wildman–Crippen MR) is 92.5 cm³/mol. The Labute approximate surface area is 136 Å². The van der Waals surface area contributed by atoms with Crippen LogP contribution in [-0.4, -0.2) is 6.03 Å². The van der Waals surface area contributed by atoms with Gasteiger partial charge in [0.15, 0.2) is 0 Å². The number of carbonyl (C=O) groups excluding carboxylic acids is 1. The van der Waals surface area contributed by atoms with Crippen molar-refractivity contribution in [2.75, 3.05) is 5.32 Å². The molecule has 0 bridgehead atoms. The van der Waals surface area contributed by atoms with Gasteiger partial charge in [-0.15, -0.1) is 0 Å². The zero-order valence-corrected chi connectivity index (χ0v) is 13.9. The first kappa shape index (κ1) is 16.4. The lowest BCUT2D eigenvalue weighted by Gasteiger charge is -2.27. The van der Waals surface area contributed by atoms with Gasteiger partial charge in [0.25, 0.3) is 0 Å². The summed E-state index contributed by atoms with van der Waals surface area (Å²) < 4.78 is 0. The normalized spacial score (nSPS) is 11.1. The highest BCUT2D eigenvalue weighted by molar-refractivity contribution is 6.30. The van der Waals surface area contributed by atoms with Crippen LogP contribution >= 0.6 is 11.6 Å². The fraction of sp³-hybridized carbons (Fsp3) is 0.278. The third-order valence-corrected chi connectivity index (χ3v) is 3.86. The maximum Gasteiger partial charge on any atom is 0.319 e. The fourth-order valence-corrected chi connectivity index (χ4v) is 2.33. The average Bonchev–Trinajstić information content (AvgIpc) is 2.48. The second kappa shape index (κ2) is 6.84. The Balaban J connectivity index is 2.02. The standard InChI is InChI=1S/C18H21ClN2O/c1-4-13-5-11-16(12-6-13)20-17(22)21-18(2,3)14-7-9-15(19)10-8-14/h5-12H,4H2,1-3H3,(H2,20,21,22). The van der Waals surface area contributed by atoms with Crippen LogP contribution in [0.25, 0.3) is 0 Å². The smallest absolute Gasteiger partial charge is 0.319 e. The van der Waals surface area contributed by atoms with Crippen molar-refractivity contribution in [3.63, 3.8) is 0 Å². The van der Waals surface area contributed by atoms with Gasteiger partial charge in [-0.1, -0.05) is 42.8 Å². The molecule has 0 aliphatic rings. The Morgan fingerprint density at radius 3 is 2.18 bits per heavy atom. The van der Waals surface area contributed by atoms with Crippen LogP contribution in [0, 0.1) is 0 Å². The monoisotopic (exact) mass is 316 g/mol. The summed E-state index contributed by atoms with van der Waals surface area (Å²) in [5.74, 6) is 0. The van der Waals surface area contributed by atoms with Gasteiger partial charge in [-0.3, -0.25) is 0 Å². The van der Waals surface area contributed by atoms with E-state index in [1.807, 2.05) is 62.4 Å². The topological polar surface area (TPSA) is 41.1 Å². The van der Waals surface area contributed by atoms with E-state index in [1.54, 1.807) is 0 Å². The molecule has 2 rings (SSSR count). The van der Waals surface area contributed by atoms with E-state index in [4.69, 9.17) is 11.6 Å². The Kier molecular flexibility index (Phi) is 5.09. The lowest BCUT2D eigenvalue weighted by atomic mass is 9.94. The van der Waals surface area contributed by atoms with E-state index in [0.717, 1.165) is 17.7 Å². The molecule has 0 spiro atoms. The zero-order chi connectivity index (χ0) is 16.2. The molecule has 22 heavy (non-hydrogen) atoms. The third-order valence-electron chi connectivity index (χ3n) is 3.61. The van der Waals surface area contributed by atoms with Crippen LogP contribution in [0.5, 0.6) is 0 Å². The van der Waals surface area contributed by atoms with Crippen molar-refractivity contribution in [2.24, 2.45) is 0 Å². The van der Waals surface area contributed by atoms with Crippen molar-refractivity contribution in [1.29, 1.82) is 0 Å². The number of urea groups is 1. The molecule has 2 aromatic rings. The van der Waals surface area contributed by atoms with Crippen LogP contribution in [0.4, 0.5) is 10.5 Å². The van der Waals surface area contributed by atoms with Crippen molar-refractivity contribution in [3.05, 3.63) is 64.7 Å². The highest BCUT2D eigenvalue weighted by Gasteiger charge is 2.22. The first-order chi connectivity index (χ1) is 10.4. The summed E-state index contributed by atoms with van der Waals surface area (Å²) in [6.45, 7) is 6.01. The quantitative estimate of drug-likeness (QED) is 0.822. The van der Waals surface area contributed by atoms with Gasteiger partial charge in [0.05, 0.1) is 5.54 Å². The molecular weight excluding hydrogens is 296 g/mol. The van der Waals surface area contributed by atoms with E-state index in [2.05, 4.69) is 17.6 Å². The van der Waals surface area contributed by atoms with Gasteiger partial charge in [0.1, 0.15) is 0 Å². The van der Waals surface area contributed by atoms with Gasteiger partial charge in [-0.2, -0.15) is 0 Å². The van der Waals surface area contributed by atoms with Gasteiger partial charge in [0, 0.05) is 10.7 Å². The van der Waals surface area contributed by atoms with Gasteiger partial charge in [-0.25, -0.2) is 4.79 Å². The molecule has 0 saturated heterocycles. The summed E-state index contributed by atoms with van der Waals surface area (Å²) in [7, 11) is 0.